The zero-order valence-corrected chi connectivity index (χ0v) is 12.1. The largest absolute Gasteiger partial charge is 0.256 e. The number of nitrogens with zero attached hydrogens (tertiary/aromatic N) is 1. The maximum Gasteiger partial charge on any atom is 0.256 e. The Balaban J connectivity index is 1.73. The Morgan fingerprint density at radius 2 is 1.74 bits per heavy atom. The van der Waals surface area contributed by atoms with Crippen LogP contribution < -0.4 is 4.72 Å². The summed E-state index contributed by atoms with van der Waals surface area (Å²) >= 11 is 0. The van der Waals surface area contributed by atoms with Gasteiger partial charge in [0.2, 0.25) is 0 Å². The third-order valence-electron chi connectivity index (χ3n) is 3.80. The van der Waals surface area contributed by atoms with E-state index >= 15 is 0 Å². The van der Waals surface area contributed by atoms with E-state index in [1.165, 1.54) is 32.1 Å². The van der Waals surface area contributed by atoms with Crippen LogP contribution in [0.25, 0.3) is 0 Å². The van der Waals surface area contributed by atoms with Crippen LogP contribution in [-0.4, -0.2) is 15.0 Å². The summed E-state index contributed by atoms with van der Waals surface area (Å²) in [7, 11) is -3.44. The lowest BCUT2D eigenvalue weighted by atomic mass is 9.86. The minimum atomic E-state index is -3.44. The molecule has 0 bridgehead atoms. The Morgan fingerprint density at radius 1 is 1.05 bits per heavy atom. The van der Waals surface area contributed by atoms with Gasteiger partial charge >= 0.3 is 0 Å². The average molecular weight is 280 g/mol. The van der Waals surface area contributed by atoms with E-state index in [1.807, 2.05) is 6.07 Å². The van der Waals surface area contributed by atoms with Crippen LogP contribution >= 0.6 is 0 Å². The van der Waals surface area contributed by atoms with Gasteiger partial charge in [0, 0.05) is 6.54 Å². The molecule has 1 fully saturated rings. The molecular weight excluding hydrogens is 258 g/mol. The van der Waals surface area contributed by atoms with E-state index in [-0.39, 0.29) is 0 Å². The molecule has 0 spiro atoms. The van der Waals surface area contributed by atoms with Crippen molar-refractivity contribution in [2.75, 3.05) is 6.54 Å². The van der Waals surface area contributed by atoms with Crippen LogP contribution in [0.5, 0.6) is 0 Å². The first-order valence-corrected chi connectivity index (χ1v) is 8.61. The van der Waals surface area contributed by atoms with Gasteiger partial charge in [-0.15, -0.1) is 4.72 Å². The fraction of sp³-hybridized carbons (Fsp3) is 0.600. The highest BCUT2D eigenvalue weighted by atomic mass is 32.2. The number of hydrogen-bond donors (Lipinski definition) is 0. The quantitative estimate of drug-likeness (QED) is 0.750. The SMILES string of the molecule is O=S(=O)([N]CCCC1CCCCC1)c1ccccc1. The topological polar surface area (TPSA) is 48.2 Å². The molecule has 0 atom stereocenters. The van der Waals surface area contributed by atoms with Crippen molar-refractivity contribution >= 4 is 10.0 Å². The standard InChI is InChI=1S/C15H22NO2S/c17-19(18,15-11-5-2-6-12-15)16-13-7-10-14-8-3-1-4-9-14/h2,5-6,11-12,14H,1,3-4,7-10,13H2. The molecule has 4 heteroatoms. The van der Waals surface area contributed by atoms with Crippen LogP contribution in [0, 0.1) is 5.92 Å². The van der Waals surface area contributed by atoms with Gasteiger partial charge < -0.3 is 0 Å². The summed E-state index contributed by atoms with van der Waals surface area (Å²) in [5.74, 6) is 0.795. The van der Waals surface area contributed by atoms with Crippen molar-refractivity contribution in [3.63, 3.8) is 0 Å². The molecule has 0 amide bonds. The second kappa shape index (κ2) is 7.06. The van der Waals surface area contributed by atoms with E-state index in [1.54, 1.807) is 24.3 Å². The monoisotopic (exact) mass is 280 g/mol. The van der Waals surface area contributed by atoms with Crippen LogP contribution in [0.4, 0.5) is 0 Å². The van der Waals surface area contributed by atoms with Gasteiger partial charge in [0.15, 0.2) is 0 Å². The number of rotatable bonds is 6. The summed E-state index contributed by atoms with van der Waals surface area (Å²) < 4.78 is 27.7. The van der Waals surface area contributed by atoms with Gasteiger partial charge in [-0.3, -0.25) is 0 Å². The van der Waals surface area contributed by atoms with E-state index in [0.717, 1.165) is 18.8 Å². The highest BCUT2D eigenvalue weighted by Crippen LogP contribution is 2.27. The molecule has 2 rings (SSSR count). The Morgan fingerprint density at radius 3 is 2.42 bits per heavy atom. The molecule has 1 saturated carbocycles. The zero-order valence-electron chi connectivity index (χ0n) is 11.3. The van der Waals surface area contributed by atoms with E-state index < -0.39 is 10.0 Å². The molecule has 3 nitrogen and oxygen atoms in total. The Kier molecular flexibility index (Phi) is 5.40. The van der Waals surface area contributed by atoms with Crippen LogP contribution in [-0.2, 0) is 10.0 Å². The molecule has 1 aromatic rings. The Labute approximate surface area is 116 Å². The first-order valence-electron chi connectivity index (χ1n) is 7.17. The maximum atomic E-state index is 11.9. The van der Waals surface area contributed by atoms with Crippen molar-refractivity contribution in [2.45, 2.75) is 49.8 Å². The minimum Gasteiger partial charge on any atom is -0.206 e. The molecule has 19 heavy (non-hydrogen) atoms. The van der Waals surface area contributed by atoms with Crippen molar-refractivity contribution in [3.05, 3.63) is 30.3 Å². The second-order valence-electron chi connectivity index (χ2n) is 5.29. The lowest BCUT2D eigenvalue weighted by Crippen LogP contribution is -2.18. The van der Waals surface area contributed by atoms with Crippen LogP contribution in [0.2, 0.25) is 0 Å². The summed E-state index contributed by atoms with van der Waals surface area (Å²) in [6, 6.07) is 8.46. The smallest absolute Gasteiger partial charge is 0.206 e. The van der Waals surface area contributed by atoms with E-state index in [4.69, 9.17) is 0 Å². The molecule has 1 aromatic carbocycles. The molecule has 0 aromatic heterocycles. The molecule has 0 N–H and O–H groups in total. The van der Waals surface area contributed by atoms with E-state index in [0.29, 0.717) is 11.4 Å². The fourth-order valence-corrected chi connectivity index (χ4v) is 3.73. The van der Waals surface area contributed by atoms with Gasteiger partial charge in [0.05, 0.1) is 4.90 Å². The second-order valence-corrected chi connectivity index (χ2v) is 6.97. The van der Waals surface area contributed by atoms with Crippen LogP contribution in [0.1, 0.15) is 44.9 Å². The molecule has 1 aliphatic rings. The van der Waals surface area contributed by atoms with Crippen molar-refractivity contribution in [1.82, 2.24) is 4.72 Å². The zero-order chi connectivity index (χ0) is 13.6. The molecule has 0 aliphatic heterocycles. The summed E-state index contributed by atoms with van der Waals surface area (Å²) in [5, 5.41) is 0. The first kappa shape index (κ1) is 14.5. The van der Waals surface area contributed by atoms with Gasteiger partial charge in [0.25, 0.3) is 10.0 Å². The molecule has 0 saturated heterocycles. The molecule has 0 heterocycles. The predicted octanol–water partition coefficient (Wildman–Crippen LogP) is 3.34. The highest BCUT2D eigenvalue weighted by molar-refractivity contribution is 7.89. The van der Waals surface area contributed by atoms with Gasteiger partial charge in [-0.1, -0.05) is 50.3 Å². The predicted molar refractivity (Wildman–Crippen MR) is 76.4 cm³/mol. The number of sulfonamides is 1. The Bertz CT molecular complexity index is 464. The van der Waals surface area contributed by atoms with Gasteiger partial charge in [-0.2, -0.15) is 0 Å². The van der Waals surface area contributed by atoms with E-state index in [9.17, 15) is 8.42 Å². The van der Waals surface area contributed by atoms with Crippen LogP contribution in [0.15, 0.2) is 35.2 Å². The lowest BCUT2D eigenvalue weighted by Gasteiger charge is -2.21. The molecular formula is C15H22NO2S. The third kappa shape index (κ3) is 4.62. The average Bonchev–Trinajstić information content (AvgIpc) is 2.46. The molecule has 0 unspecified atom stereocenters. The summed E-state index contributed by atoms with van der Waals surface area (Å²) in [5.41, 5.74) is 0. The number of benzene rings is 1. The molecule has 105 valence electrons. The van der Waals surface area contributed by atoms with Crippen molar-refractivity contribution in [3.8, 4) is 0 Å². The van der Waals surface area contributed by atoms with Crippen molar-refractivity contribution in [2.24, 2.45) is 5.92 Å². The van der Waals surface area contributed by atoms with Gasteiger partial charge in [-0.25, -0.2) is 8.42 Å². The van der Waals surface area contributed by atoms with Gasteiger partial charge in [-0.05, 0) is 30.9 Å². The third-order valence-corrected chi connectivity index (χ3v) is 5.19. The molecule has 1 radical (unpaired) electrons. The van der Waals surface area contributed by atoms with Crippen LogP contribution in [0.3, 0.4) is 0 Å². The summed E-state index contributed by atoms with van der Waals surface area (Å²) in [4.78, 5) is 0.299. The molecule has 1 aliphatic carbocycles. The minimum absolute atomic E-state index is 0.299. The van der Waals surface area contributed by atoms with Crippen molar-refractivity contribution in [1.29, 1.82) is 0 Å². The fourth-order valence-electron chi connectivity index (χ4n) is 2.71. The maximum absolute atomic E-state index is 11.9. The lowest BCUT2D eigenvalue weighted by molar-refractivity contribution is 0.332. The highest BCUT2D eigenvalue weighted by Gasteiger charge is 2.16. The summed E-state index contributed by atoms with van der Waals surface area (Å²) in [6.07, 6.45) is 8.67. The van der Waals surface area contributed by atoms with E-state index in [2.05, 4.69) is 4.72 Å². The van der Waals surface area contributed by atoms with Crippen molar-refractivity contribution < 1.29 is 8.42 Å². The Hall–Kier alpha value is -0.870. The first-order chi connectivity index (χ1) is 9.18. The summed E-state index contributed by atoms with van der Waals surface area (Å²) in [6.45, 7) is 0.424. The van der Waals surface area contributed by atoms with Gasteiger partial charge in [0.1, 0.15) is 0 Å². The normalized spacial score (nSPS) is 17.5. The number of hydrogen-bond acceptors (Lipinski definition) is 2.